The molecule has 7 N–H and O–H groups in total. The predicted octanol–water partition coefficient (Wildman–Crippen LogP) is -4.23. The standard InChI is InChI=1S/C12H21N3O8/c1-6(3-16)10(20)13-2-9(19)14-7(4-17)11(21)15-8(5-18)12(22)23/h6-8,16-18H,2-5H2,1H3,(H,13,20)(H,14,19)(H,15,21)(H,22,23)/t6-,7-,8-/m0/s1. The average molecular weight is 335 g/mol. The van der Waals surface area contributed by atoms with Gasteiger partial charge >= 0.3 is 5.97 Å². The van der Waals surface area contributed by atoms with Gasteiger partial charge in [0.25, 0.3) is 0 Å². The Hall–Kier alpha value is -2.24. The van der Waals surface area contributed by atoms with Crippen molar-refractivity contribution >= 4 is 23.7 Å². The Morgan fingerprint density at radius 2 is 1.43 bits per heavy atom. The summed E-state index contributed by atoms with van der Waals surface area (Å²) in [6.45, 7) is -1.11. The predicted molar refractivity (Wildman–Crippen MR) is 74.9 cm³/mol. The third-order valence-corrected chi connectivity index (χ3v) is 2.78. The highest BCUT2D eigenvalue weighted by molar-refractivity contribution is 5.92. The number of rotatable bonds is 10. The molecule has 11 nitrogen and oxygen atoms in total. The molecule has 0 spiro atoms. The Morgan fingerprint density at radius 1 is 0.870 bits per heavy atom. The van der Waals surface area contributed by atoms with Crippen LogP contribution in [0.5, 0.6) is 0 Å². The molecule has 0 unspecified atom stereocenters. The number of carbonyl (C=O) groups excluding carboxylic acids is 3. The van der Waals surface area contributed by atoms with Crippen LogP contribution in [0.1, 0.15) is 6.92 Å². The molecule has 3 amide bonds. The lowest BCUT2D eigenvalue weighted by molar-refractivity contribution is -0.143. The minimum Gasteiger partial charge on any atom is -0.480 e. The SMILES string of the molecule is C[C@@H](CO)C(=O)NCC(=O)N[C@@H](CO)C(=O)N[C@@H](CO)C(=O)O. The van der Waals surface area contributed by atoms with Crippen LogP contribution in [0, 0.1) is 5.92 Å². The van der Waals surface area contributed by atoms with Crippen LogP contribution in [0.4, 0.5) is 0 Å². The number of aliphatic hydroxyl groups excluding tert-OH is 3. The third kappa shape index (κ3) is 7.54. The second-order valence-electron chi connectivity index (χ2n) is 4.69. The van der Waals surface area contributed by atoms with Crippen LogP contribution in [0.15, 0.2) is 0 Å². The molecule has 0 saturated heterocycles. The summed E-state index contributed by atoms with van der Waals surface area (Å²) >= 11 is 0. The van der Waals surface area contributed by atoms with E-state index >= 15 is 0 Å². The van der Waals surface area contributed by atoms with E-state index in [2.05, 4.69) is 10.6 Å². The highest BCUT2D eigenvalue weighted by Crippen LogP contribution is 1.92. The molecule has 0 bridgehead atoms. The second kappa shape index (κ2) is 10.5. The van der Waals surface area contributed by atoms with E-state index in [4.69, 9.17) is 20.4 Å². The molecular formula is C12H21N3O8. The summed E-state index contributed by atoms with van der Waals surface area (Å²) in [6.07, 6.45) is 0. The Kier molecular flexibility index (Phi) is 9.46. The van der Waals surface area contributed by atoms with Crippen molar-refractivity contribution in [2.45, 2.75) is 19.0 Å². The van der Waals surface area contributed by atoms with Crippen molar-refractivity contribution in [3.63, 3.8) is 0 Å². The Labute approximate surface area is 131 Å². The maximum absolute atomic E-state index is 11.7. The molecule has 11 heteroatoms. The lowest BCUT2D eigenvalue weighted by Gasteiger charge is -2.19. The average Bonchev–Trinajstić information content (AvgIpc) is 2.53. The first-order valence-electron chi connectivity index (χ1n) is 6.69. The maximum Gasteiger partial charge on any atom is 0.328 e. The summed E-state index contributed by atoms with van der Waals surface area (Å²) in [5, 5.41) is 41.5. The molecule has 0 fully saturated rings. The van der Waals surface area contributed by atoms with Gasteiger partial charge in [0, 0.05) is 0 Å². The first-order valence-corrected chi connectivity index (χ1v) is 6.69. The monoisotopic (exact) mass is 335 g/mol. The van der Waals surface area contributed by atoms with E-state index in [-0.39, 0.29) is 0 Å². The van der Waals surface area contributed by atoms with Gasteiger partial charge in [0.15, 0.2) is 0 Å². The van der Waals surface area contributed by atoms with Crippen LogP contribution >= 0.6 is 0 Å². The van der Waals surface area contributed by atoms with E-state index in [9.17, 15) is 19.2 Å². The summed E-state index contributed by atoms with van der Waals surface area (Å²) in [5.41, 5.74) is 0. The molecule has 0 aromatic rings. The number of nitrogens with one attached hydrogen (secondary N) is 3. The first kappa shape index (κ1) is 20.8. The molecule has 0 aliphatic carbocycles. The van der Waals surface area contributed by atoms with Crippen LogP contribution in [0.3, 0.4) is 0 Å². The van der Waals surface area contributed by atoms with Gasteiger partial charge in [0.05, 0.1) is 32.3 Å². The van der Waals surface area contributed by atoms with E-state index < -0.39 is 68.1 Å². The minimum absolute atomic E-state index is 0.396. The zero-order valence-electron chi connectivity index (χ0n) is 12.5. The maximum atomic E-state index is 11.7. The number of hydrogen-bond donors (Lipinski definition) is 7. The lowest BCUT2D eigenvalue weighted by atomic mass is 10.2. The number of hydrogen-bond acceptors (Lipinski definition) is 7. The van der Waals surface area contributed by atoms with Gasteiger partial charge in [0.1, 0.15) is 12.1 Å². The highest BCUT2D eigenvalue weighted by Gasteiger charge is 2.25. The van der Waals surface area contributed by atoms with Crippen molar-refractivity contribution in [3.05, 3.63) is 0 Å². The number of carboxylic acids is 1. The van der Waals surface area contributed by atoms with E-state index in [1.165, 1.54) is 6.92 Å². The van der Waals surface area contributed by atoms with E-state index in [0.29, 0.717) is 0 Å². The fraction of sp³-hybridized carbons (Fsp3) is 0.667. The lowest BCUT2D eigenvalue weighted by Crippen LogP contribution is -2.55. The normalized spacial score (nSPS) is 14.3. The van der Waals surface area contributed by atoms with E-state index in [1.54, 1.807) is 0 Å². The van der Waals surface area contributed by atoms with Crippen molar-refractivity contribution in [1.82, 2.24) is 16.0 Å². The Bertz CT molecular complexity index is 442. The highest BCUT2D eigenvalue weighted by atomic mass is 16.4. The fourth-order valence-corrected chi connectivity index (χ4v) is 1.32. The molecule has 0 saturated carbocycles. The topological polar surface area (TPSA) is 185 Å². The number of carboxylic acid groups (broad SMARTS) is 1. The molecule has 3 atom stereocenters. The van der Waals surface area contributed by atoms with Crippen LogP contribution in [-0.2, 0) is 19.2 Å². The first-order chi connectivity index (χ1) is 10.8. The van der Waals surface area contributed by atoms with Crippen LogP contribution in [0.2, 0.25) is 0 Å². The summed E-state index contributed by atoms with van der Waals surface area (Å²) in [5.74, 6) is -4.56. The summed E-state index contributed by atoms with van der Waals surface area (Å²) in [4.78, 5) is 45.3. The Balaban J connectivity index is 4.46. The largest absolute Gasteiger partial charge is 0.480 e. The molecule has 0 aliphatic rings. The van der Waals surface area contributed by atoms with Crippen LogP contribution in [-0.4, -0.2) is 82.6 Å². The van der Waals surface area contributed by atoms with Crippen molar-refractivity contribution in [2.75, 3.05) is 26.4 Å². The molecule has 23 heavy (non-hydrogen) atoms. The smallest absolute Gasteiger partial charge is 0.328 e. The van der Waals surface area contributed by atoms with E-state index in [0.717, 1.165) is 0 Å². The molecule has 132 valence electrons. The quantitative estimate of drug-likeness (QED) is 0.209. The second-order valence-corrected chi connectivity index (χ2v) is 4.69. The van der Waals surface area contributed by atoms with Gasteiger partial charge in [-0.1, -0.05) is 6.92 Å². The molecule has 0 heterocycles. The zero-order chi connectivity index (χ0) is 18.0. The summed E-state index contributed by atoms with van der Waals surface area (Å²) < 4.78 is 0. The van der Waals surface area contributed by atoms with Crippen molar-refractivity contribution in [1.29, 1.82) is 0 Å². The van der Waals surface area contributed by atoms with Gasteiger partial charge in [-0.05, 0) is 0 Å². The molecule has 0 aliphatic heterocycles. The van der Waals surface area contributed by atoms with Crippen LogP contribution in [0.25, 0.3) is 0 Å². The zero-order valence-corrected chi connectivity index (χ0v) is 12.5. The van der Waals surface area contributed by atoms with Gasteiger partial charge in [0.2, 0.25) is 17.7 Å². The number of amides is 3. The number of aliphatic carboxylic acids is 1. The molecule has 0 aromatic carbocycles. The summed E-state index contributed by atoms with van der Waals surface area (Å²) in [6, 6.07) is -3.01. The number of aliphatic hydroxyl groups is 3. The van der Waals surface area contributed by atoms with Gasteiger partial charge in [-0.15, -0.1) is 0 Å². The summed E-state index contributed by atoms with van der Waals surface area (Å²) in [7, 11) is 0. The van der Waals surface area contributed by atoms with Gasteiger partial charge < -0.3 is 36.4 Å². The molecule has 0 rings (SSSR count). The van der Waals surface area contributed by atoms with E-state index in [1.807, 2.05) is 5.32 Å². The van der Waals surface area contributed by atoms with Gasteiger partial charge in [-0.2, -0.15) is 0 Å². The number of carbonyl (C=O) groups is 4. The van der Waals surface area contributed by atoms with Gasteiger partial charge in [-0.3, -0.25) is 14.4 Å². The molecular weight excluding hydrogens is 314 g/mol. The van der Waals surface area contributed by atoms with Crippen molar-refractivity contribution in [2.24, 2.45) is 5.92 Å². The van der Waals surface area contributed by atoms with Crippen molar-refractivity contribution in [3.8, 4) is 0 Å². The third-order valence-electron chi connectivity index (χ3n) is 2.78. The van der Waals surface area contributed by atoms with Gasteiger partial charge in [-0.25, -0.2) is 4.79 Å². The molecule has 0 aromatic heterocycles. The minimum atomic E-state index is -1.57. The van der Waals surface area contributed by atoms with Crippen molar-refractivity contribution < 1.29 is 39.6 Å². The molecule has 0 radical (unpaired) electrons. The fourth-order valence-electron chi connectivity index (χ4n) is 1.32. The van der Waals surface area contributed by atoms with Crippen LogP contribution < -0.4 is 16.0 Å². The Morgan fingerprint density at radius 3 is 1.87 bits per heavy atom.